The summed E-state index contributed by atoms with van der Waals surface area (Å²) in [6, 6.07) is 3.22. The zero-order valence-corrected chi connectivity index (χ0v) is 20.1. The minimum Gasteiger partial charge on any atom is -0.454 e. The SMILES string of the molecule is CC(=O)NCc1ccc(C(=O)C(C)OC(=O)CCNC(=O)NC23CC4CC(CC(C4)C2)C3)s1. The van der Waals surface area contributed by atoms with Crippen molar-refractivity contribution in [2.24, 2.45) is 17.8 Å². The van der Waals surface area contributed by atoms with Gasteiger partial charge >= 0.3 is 12.0 Å². The van der Waals surface area contributed by atoms with E-state index in [1.54, 1.807) is 19.1 Å². The van der Waals surface area contributed by atoms with Gasteiger partial charge in [-0.2, -0.15) is 0 Å². The van der Waals surface area contributed by atoms with Crippen LogP contribution in [0.15, 0.2) is 12.1 Å². The predicted octanol–water partition coefficient (Wildman–Crippen LogP) is 3.16. The number of ether oxygens (including phenoxy) is 1. The summed E-state index contributed by atoms with van der Waals surface area (Å²) >= 11 is 1.27. The largest absolute Gasteiger partial charge is 0.454 e. The highest BCUT2D eigenvalue weighted by Gasteiger charge is 2.51. The smallest absolute Gasteiger partial charge is 0.315 e. The topological polar surface area (TPSA) is 114 Å². The third-order valence-electron chi connectivity index (χ3n) is 7.13. The van der Waals surface area contributed by atoms with E-state index >= 15 is 0 Å². The van der Waals surface area contributed by atoms with Crippen molar-refractivity contribution in [2.75, 3.05) is 6.54 Å². The van der Waals surface area contributed by atoms with Crippen molar-refractivity contribution < 1.29 is 23.9 Å². The van der Waals surface area contributed by atoms with Crippen LogP contribution in [0.4, 0.5) is 4.79 Å². The molecule has 1 atom stereocenters. The first-order chi connectivity index (χ1) is 15.7. The summed E-state index contributed by atoms with van der Waals surface area (Å²) in [6.45, 7) is 3.50. The molecule has 4 aliphatic rings. The van der Waals surface area contributed by atoms with Gasteiger partial charge in [0.25, 0.3) is 0 Å². The lowest BCUT2D eigenvalue weighted by atomic mass is 9.53. The second kappa shape index (κ2) is 9.83. The first-order valence-corrected chi connectivity index (χ1v) is 12.7. The number of hydrogen-bond donors (Lipinski definition) is 3. The van der Waals surface area contributed by atoms with Crippen LogP contribution in [0.5, 0.6) is 0 Å². The summed E-state index contributed by atoms with van der Waals surface area (Å²) in [5.41, 5.74) is -0.0697. The molecule has 1 unspecified atom stereocenters. The summed E-state index contributed by atoms with van der Waals surface area (Å²) in [7, 11) is 0. The van der Waals surface area contributed by atoms with Crippen molar-refractivity contribution in [3.05, 3.63) is 21.9 Å². The molecule has 8 nitrogen and oxygen atoms in total. The normalized spacial score (nSPS) is 28.1. The maximum absolute atomic E-state index is 12.5. The van der Waals surface area contributed by atoms with E-state index < -0.39 is 12.1 Å². The second-order valence-corrected chi connectivity index (χ2v) is 11.2. The molecule has 4 aliphatic carbocycles. The molecule has 0 aromatic carbocycles. The van der Waals surface area contributed by atoms with Gasteiger partial charge in [-0.3, -0.25) is 14.4 Å². The molecule has 4 fully saturated rings. The van der Waals surface area contributed by atoms with Crippen LogP contribution in [-0.2, 0) is 20.9 Å². The minimum atomic E-state index is -0.911. The Morgan fingerprint density at radius 1 is 1.06 bits per heavy atom. The van der Waals surface area contributed by atoms with Crippen LogP contribution in [0, 0.1) is 17.8 Å². The van der Waals surface area contributed by atoms with Crippen molar-refractivity contribution in [1.29, 1.82) is 0 Å². The average Bonchev–Trinajstić information content (AvgIpc) is 3.19. The van der Waals surface area contributed by atoms with Crippen LogP contribution in [0.3, 0.4) is 0 Å². The van der Waals surface area contributed by atoms with Gasteiger partial charge in [0, 0.05) is 23.9 Å². The molecular weight excluding hydrogens is 442 g/mol. The van der Waals surface area contributed by atoms with E-state index in [-0.39, 0.29) is 36.2 Å². The van der Waals surface area contributed by atoms with Gasteiger partial charge in [0.05, 0.1) is 17.8 Å². The molecule has 0 aliphatic heterocycles. The van der Waals surface area contributed by atoms with E-state index in [1.807, 2.05) is 0 Å². The van der Waals surface area contributed by atoms with Gasteiger partial charge in [0.1, 0.15) is 0 Å². The molecule has 0 radical (unpaired) electrons. The summed E-state index contributed by atoms with van der Waals surface area (Å²) < 4.78 is 5.27. The number of urea groups is 1. The van der Waals surface area contributed by atoms with Gasteiger partial charge < -0.3 is 20.7 Å². The quantitative estimate of drug-likeness (QED) is 0.375. The fourth-order valence-electron chi connectivity index (χ4n) is 6.15. The number of esters is 1. The maximum Gasteiger partial charge on any atom is 0.315 e. The van der Waals surface area contributed by atoms with Crippen LogP contribution >= 0.6 is 11.3 Å². The first-order valence-electron chi connectivity index (χ1n) is 11.8. The van der Waals surface area contributed by atoms with Gasteiger partial charge in [-0.15, -0.1) is 11.3 Å². The lowest BCUT2D eigenvalue weighted by Crippen LogP contribution is -2.61. The summed E-state index contributed by atoms with van der Waals surface area (Å²) in [5.74, 6) is 1.29. The summed E-state index contributed by atoms with van der Waals surface area (Å²) in [6.07, 6.45) is 6.25. The van der Waals surface area contributed by atoms with Crippen molar-refractivity contribution >= 4 is 35.0 Å². The molecule has 5 rings (SSSR count). The zero-order chi connectivity index (χ0) is 23.6. The number of carbonyl (C=O) groups is 4. The Bertz CT molecular complexity index is 892. The zero-order valence-electron chi connectivity index (χ0n) is 19.3. The highest BCUT2D eigenvalue weighted by Crippen LogP contribution is 2.55. The third kappa shape index (κ3) is 5.93. The Labute approximate surface area is 198 Å². The van der Waals surface area contributed by atoms with Crippen LogP contribution in [0.25, 0.3) is 0 Å². The first kappa shape index (κ1) is 23.7. The molecule has 1 aromatic rings. The molecule has 4 saturated carbocycles. The number of nitrogens with one attached hydrogen (secondary N) is 3. The van der Waals surface area contributed by atoms with E-state index in [2.05, 4.69) is 16.0 Å². The molecule has 33 heavy (non-hydrogen) atoms. The van der Waals surface area contributed by atoms with Crippen molar-refractivity contribution in [1.82, 2.24) is 16.0 Å². The Kier molecular flexibility index (Phi) is 7.07. The average molecular weight is 476 g/mol. The number of amides is 3. The molecule has 1 heterocycles. The highest BCUT2D eigenvalue weighted by molar-refractivity contribution is 7.14. The number of Topliss-reactive ketones (excluding diaryl/α,β-unsaturated/α-hetero) is 1. The molecule has 4 bridgehead atoms. The standard InChI is InChI=1S/C24H33N3O5S/c1-14(22(30)20-4-3-19(33-20)13-26-15(2)28)32-21(29)5-6-25-23(31)27-24-10-16-7-17(11-24)9-18(8-16)12-24/h3-4,14,16-18H,5-13H2,1-2H3,(H,26,28)(H2,25,27,31). The highest BCUT2D eigenvalue weighted by atomic mass is 32.1. The number of ketones is 1. The van der Waals surface area contributed by atoms with Crippen LogP contribution in [-0.4, -0.2) is 41.9 Å². The van der Waals surface area contributed by atoms with Crippen LogP contribution in [0.1, 0.15) is 73.3 Å². The molecule has 180 valence electrons. The fourth-order valence-corrected chi connectivity index (χ4v) is 7.12. The number of hydrogen-bond acceptors (Lipinski definition) is 6. The molecule has 0 spiro atoms. The molecule has 3 amide bonds. The van der Waals surface area contributed by atoms with Crippen LogP contribution in [0.2, 0.25) is 0 Å². The van der Waals surface area contributed by atoms with Gasteiger partial charge in [0.2, 0.25) is 11.7 Å². The number of thiophene rings is 1. The Balaban J connectivity index is 1.17. The van der Waals surface area contributed by atoms with E-state index in [1.165, 1.54) is 37.5 Å². The van der Waals surface area contributed by atoms with Gasteiger partial charge in [0.15, 0.2) is 6.10 Å². The van der Waals surface area contributed by atoms with E-state index in [0.29, 0.717) is 11.4 Å². The predicted molar refractivity (Wildman–Crippen MR) is 124 cm³/mol. The van der Waals surface area contributed by atoms with E-state index in [4.69, 9.17) is 4.74 Å². The Morgan fingerprint density at radius 2 is 1.70 bits per heavy atom. The Morgan fingerprint density at radius 3 is 2.30 bits per heavy atom. The van der Waals surface area contributed by atoms with E-state index in [0.717, 1.165) is 41.9 Å². The third-order valence-corrected chi connectivity index (χ3v) is 8.22. The van der Waals surface area contributed by atoms with Gasteiger partial charge in [-0.25, -0.2) is 4.79 Å². The molecule has 1 aromatic heterocycles. The van der Waals surface area contributed by atoms with Crippen LogP contribution < -0.4 is 16.0 Å². The molecule has 9 heteroatoms. The molecular formula is C24H33N3O5S. The monoisotopic (exact) mass is 475 g/mol. The molecule has 0 saturated heterocycles. The van der Waals surface area contributed by atoms with Crippen molar-refractivity contribution in [3.8, 4) is 0 Å². The number of carbonyl (C=O) groups excluding carboxylic acids is 4. The van der Waals surface area contributed by atoms with E-state index in [9.17, 15) is 19.2 Å². The van der Waals surface area contributed by atoms with Gasteiger partial charge in [-0.1, -0.05) is 0 Å². The van der Waals surface area contributed by atoms with Crippen molar-refractivity contribution in [2.45, 2.75) is 77.0 Å². The second-order valence-electron chi connectivity index (χ2n) is 10.0. The fraction of sp³-hybridized carbons (Fsp3) is 0.667. The molecule has 3 N–H and O–H groups in total. The Hall–Kier alpha value is -2.42. The number of rotatable bonds is 9. The lowest BCUT2D eigenvalue weighted by Gasteiger charge is -2.56. The van der Waals surface area contributed by atoms with Crippen molar-refractivity contribution in [3.63, 3.8) is 0 Å². The minimum absolute atomic E-state index is 0.00410. The summed E-state index contributed by atoms with van der Waals surface area (Å²) in [4.78, 5) is 49.5. The maximum atomic E-state index is 12.5. The summed E-state index contributed by atoms with van der Waals surface area (Å²) in [5, 5.41) is 8.68. The van der Waals surface area contributed by atoms with Gasteiger partial charge in [-0.05, 0) is 75.3 Å². The lowest BCUT2D eigenvalue weighted by molar-refractivity contribution is -0.146.